The van der Waals surface area contributed by atoms with E-state index in [0.717, 1.165) is 16.3 Å². The maximum absolute atomic E-state index is 12.1. The molecule has 0 aliphatic rings. The van der Waals surface area contributed by atoms with Gasteiger partial charge in [-0.05, 0) is 42.8 Å². The predicted molar refractivity (Wildman–Crippen MR) is 110 cm³/mol. The molecule has 8 heteroatoms. The number of aryl methyl sites for hydroxylation is 1. The quantitative estimate of drug-likeness (QED) is 0.562. The second-order valence-corrected chi connectivity index (χ2v) is 7.28. The smallest absolute Gasteiger partial charge is 0.244 e. The predicted octanol–water partition coefficient (Wildman–Crippen LogP) is 4.71. The summed E-state index contributed by atoms with van der Waals surface area (Å²) in [5.41, 5.74) is 1.52. The first-order chi connectivity index (χ1) is 13.5. The summed E-state index contributed by atoms with van der Waals surface area (Å²) < 4.78 is 16.2. The van der Waals surface area contributed by atoms with Crippen molar-refractivity contribution in [2.75, 3.05) is 14.2 Å². The highest BCUT2D eigenvalue weighted by Gasteiger charge is 2.10. The van der Waals surface area contributed by atoms with Crippen LogP contribution in [0.5, 0.6) is 11.5 Å². The number of methoxy groups -OCH3 is 2. The zero-order valence-electron chi connectivity index (χ0n) is 15.6. The maximum Gasteiger partial charge on any atom is 0.244 e. The molecule has 3 rings (SSSR count). The fourth-order valence-electron chi connectivity index (χ4n) is 2.53. The van der Waals surface area contributed by atoms with Crippen molar-refractivity contribution in [3.05, 3.63) is 57.1 Å². The Kier molecular flexibility index (Phi) is 6.38. The molecular weight excluding hydrogens is 400 g/mol. The number of carbonyl (C=O) groups is 1. The van der Waals surface area contributed by atoms with Crippen molar-refractivity contribution in [2.45, 2.75) is 13.5 Å². The summed E-state index contributed by atoms with van der Waals surface area (Å²) >= 11 is 7.73. The van der Waals surface area contributed by atoms with Crippen LogP contribution in [-0.2, 0) is 11.3 Å². The lowest BCUT2D eigenvalue weighted by Gasteiger charge is -2.10. The van der Waals surface area contributed by atoms with E-state index >= 15 is 0 Å². The van der Waals surface area contributed by atoms with Gasteiger partial charge < -0.3 is 19.2 Å². The molecule has 0 fully saturated rings. The number of aromatic nitrogens is 1. The van der Waals surface area contributed by atoms with E-state index in [9.17, 15) is 4.79 Å². The number of thiazole rings is 1. The molecule has 2 heterocycles. The lowest BCUT2D eigenvalue weighted by molar-refractivity contribution is -0.116. The topological polar surface area (TPSA) is 73.6 Å². The molecule has 0 aliphatic carbocycles. The maximum atomic E-state index is 12.1. The van der Waals surface area contributed by atoms with Gasteiger partial charge in [-0.25, -0.2) is 4.98 Å². The molecule has 6 nitrogen and oxygen atoms in total. The van der Waals surface area contributed by atoms with E-state index < -0.39 is 0 Å². The van der Waals surface area contributed by atoms with Gasteiger partial charge in [0.05, 0.1) is 30.8 Å². The Labute approximate surface area is 171 Å². The third-order valence-electron chi connectivity index (χ3n) is 3.85. The zero-order chi connectivity index (χ0) is 20.1. The normalized spacial score (nSPS) is 11.0. The van der Waals surface area contributed by atoms with Crippen LogP contribution in [0.15, 0.2) is 40.1 Å². The summed E-state index contributed by atoms with van der Waals surface area (Å²) in [5, 5.41) is 6.10. The van der Waals surface area contributed by atoms with Gasteiger partial charge in [-0.15, -0.1) is 11.3 Å². The van der Waals surface area contributed by atoms with E-state index in [4.69, 9.17) is 25.5 Å². The molecule has 0 bridgehead atoms. The molecule has 0 spiro atoms. The van der Waals surface area contributed by atoms with Crippen LogP contribution in [-0.4, -0.2) is 25.1 Å². The molecule has 28 heavy (non-hydrogen) atoms. The largest absolute Gasteiger partial charge is 0.493 e. The Morgan fingerprint density at radius 3 is 2.82 bits per heavy atom. The summed E-state index contributed by atoms with van der Waals surface area (Å²) in [6, 6.07) is 7.10. The first-order valence-corrected chi connectivity index (χ1v) is 9.64. The van der Waals surface area contributed by atoms with Crippen LogP contribution >= 0.6 is 22.9 Å². The number of nitrogens with one attached hydrogen (secondary N) is 1. The van der Waals surface area contributed by atoms with Crippen molar-refractivity contribution >= 4 is 34.9 Å². The van der Waals surface area contributed by atoms with Gasteiger partial charge in [-0.1, -0.05) is 11.6 Å². The Balaban J connectivity index is 1.60. The number of halogens is 1. The number of rotatable bonds is 7. The number of nitrogens with zero attached hydrogens (tertiary/aromatic N) is 1. The standard InChI is InChI=1S/C20H19ClN2O4S/c1-12-23-16(11-28-12)17-6-5-14(27-17)10-22-19(24)7-4-13-8-15(21)20(26-3)18(9-13)25-2/h4-9,11H,10H2,1-3H3,(H,22,24)/b7-4+. The van der Waals surface area contributed by atoms with E-state index in [2.05, 4.69) is 10.3 Å². The number of ether oxygens (including phenoxy) is 2. The second kappa shape index (κ2) is 8.95. The van der Waals surface area contributed by atoms with Crippen molar-refractivity contribution in [1.82, 2.24) is 10.3 Å². The molecule has 1 aromatic carbocycles. The number of furan rings is 1. The molecule has 0 aliphatic heterocycles. The van der Waals surface area contributed by atoms with Crippen LogP contribution in [0.4, 0.5) is 0 Å². The first kappa shape index (κ1) is 20.0. The van der Waals surface area contributed by atoms with E-state index in [0.29, 0.717) is 28.0 Å². The molecule has 0 atom stereocenters. The van der Waals surface area contributed by atoms with E-state index in [1.807, 2.05) is 24.4 Å². The lowest BCUT2D eigenvalue weighted by Crippen LogP contribution is -2.19. The van der Waals surface area contributed by atoms with Gasteiger partial charge in [0.25, 0.3) is 0 Å². The molecule has 0 unspecified atom stereocenters. The molecular formula is C20H19ClN2O4S. The fraction of sp³-hybridized carbons (Fsp3) is 0.200. The Hall–Kier alpha value is -2.77. The number of carbonyl (C=O) groups excluding carboxylic acids is 1. The number of benzene rings is 1. The average molecular weight is 419 g/mol. The van der Waals surface area contributed by atoms with Crippen LogP contribution in [0.25, 0.3) is 17.5 Å². The molecule has 3 aromatic rings. The molecule has 1 amide bonds. The zero-order valence-corrected chi connectivity index (χ0v) is 17.2. The Bertz CT molecular complexity index is 1010. The van der Waals surface area contributed by atoms with Gasteiger partial charge >= 0.3 is 0 Å². The van der Waals surface area contributed by atoms with Gasteiger partial charge in [0.2, 0.25) is 5.91 Å². The number of amides is 1. The van der Waals surface area contributed by atoms with Gasteiger partial charge in [0.15, 0.2) is 17.3 Å². The summed E-state index contributed by atoms with van der Waals surface area (Å²) in [6.45, 7) is 2.22. The molecule has 0 saturated carbocycles. The van der Waals surface area contributed by atoms with Crippen LogP contribution in [0.2, 0.25) is 5.02 Å². The SMILES string of the molecule is COc1cc(/C=C/C(=O)NCc2ccc(-c3csc(C)n3)o2)cc(Cl)c1OC. The van der Waals surface area contributed by atoms with E-state index in [1.165, 1.54) is 20.3 Å². The van der Waals surface area contributed by atoms with Crippen molar-refractivity contribution < 1.29 is 18.7 Å². The first-order valence-electron chi connectivity index (χ1n) is 8.38. The van der Waals surface area contributed by atoms with Crippen molar-refractivity contribution in [3.63, 3.8) is 0 Å². The van der Waals surface area contributed by atoms with Gasteiger partial charge in [0, 0.05) is 11.5 Å². The molecule has 2 aromatic heterocycles. The van der Waals surface area contributed by atoms with Crippen LogP contribution in [0.3, 0.4) is 0 Å². The van der Waals surface area contributed by atoms with Crippen LogP contribution in [0.1, 0.15) is 16.3 Å². The monoisotopic (exact) mass is 418 g/mol. The highest BCUT2D eigenvalue weighted by molar-refractivity contribution is 7.09. The molecule has 1 N–H and O–H groups in total. The summed E-state index contributed by atoms with van der Waals surface area (Å²) in [6.07, 6.45) is 3.07. The van der Waals surface area contributed by atoms with Gasteiger partial charge in [-0.3, -0.25) is 4.79 Å². The number of hydrogen-bond donors (Lipinski definition) is 1. The van der Waals surface area contributed by atoms with Crippen LogP contribution < -0.4 is 14.8 Å². The number of hydrogen-bond acceptors (Lipinski definition) is 6. The van der Waals surface area contributed by atoms with Crippen LogP contribution in [0, 0.1) is 6.92 Å². The van der Waals surface area contributed by atoms with Crippen molar-refractivity contribution in [1.29, 1.82) is 0 Å². The highest BCUT2D eigenvalue weighted by Crippen LogP contribution is 2.36. The molecule has 0 radical (unpaired) electrons. The summed E-state index contributed by atoms with van der Waals surface area (Å²) in [7, 11) is 3.04. The Morgan fingerprint density at radius 1 is 1.32 bits per heavy atom. The third-order valence-corrected chi connectivity index (χ3v) is 4.91. The second-order valence-electron chi connectivity index (χ2n) is 5.81. The van der Waals surface area contributed by atoms with Gasteiger partial charge in [0.1, 0.15) is 11.5 Å². The summed E-state index contributed by atoms with van der Waals surface area (Å²) in [5.74, 6) is 2.03. The van der Waals surface area contributed by atoms with E-state index in [-0.39, 0.29) is 12.5 Å². The third kappa shape index (κ3) is 4.74. The molecule has 146 valence electrons. The summed E-state index contributed by atoms with van der Waals surface area (Å²) in [4.78, 5) is 16.5. The minimum absolute atomic E-state index is 0.256. The van der Waals surface area contributed by atoms with E-state index in [1.54, 1.807) is 29.5 Å². The average Bonchev–Trinajstić information content (AvgIpc) is 3.33. The lowest BCUT2D eigenvalue weighted by atomic mass is 10.2. The Morgan fingerprint density at radius 2 is 2.14 bits per heavy atom. The fourth-order valence-corrected chi connectivity index (χ4v) is 3.42. The minimum atomic E-state index is -0.256. The van der Waals surface area contributed by atoms with Gasteiger partial charge in [-0.2, -0.15) is 0 Å². The molecule has 0 saturated heterocycles. The highest BCUT2D eigenvalue weighted by atomic mass is 35.5. The minimum Gasteiger partial charge on any atom is -0.493 e. The van der Waals surface area contributed by atoms with Crippen molar-refractivity contribution in [3.8, 4) is 23.0 Å². The van der Waals surface area contributed by atoms with Crippen molar-refractivity contribution in [2.24, 2.45) is 0 Å².